The third kappa shape index (κ3) is 3.59. The smallest absolute Gasteiger partial charge is 0.253 e. The highest BCUT2D eigenvalue weighted by Gasteiger charge is 2.10. The molecule has 0 heterocycles. The van der Waals surface area contributed by atoms with E-state index in [2.05, 4.69) is 0 Å². The van der Waals surface area contributed by atoms with Gasteiger partial charge in [-0.3, -0.25) is 4.79 Å². The highest BCUT2D eigenvalue weighted by Crippen LogP contribution is 2.21. The summed E-state index contributed by atoms with van der Waals surface area (Å²) in [6, 6.07) is 16.4. The van der Waals surface area contributed by atoms with Crippen LogP contribution in [0.4, 0.5) is 0 Å². The highest BCUT2D eigenvalue weighted by molar-refractivity contribution is 5.94. The van der Waals surface area contributed by atoms with Crippen molar-refractivity contribution in [3.8, 4) is 11.5 Å². The van der Waals surface area contributed by atoms with Crippen molar-refractivity contribution in [1.29, 1.82) is 0 Å². The molecule has 1 N–H and O–H groups in total. The fourth-order valence-electron chi connectivity index (χ4n) is 1.76. The monoisotopic (exact) mass is 271 g/mol. The first kappa shape index (κ1) is 14.1. The molecule has 104 valence electrons. The van der Waals surface area contributed by atoms with E-state index in [4.69, 9.17) is 9.84 Å². The van der Waals surface area contributed by atoms with Crippen LogP contribution in [0.3, 0.4) is 0 Å². The van der Waals surface area contributed by atoms with Gasteiger partial charge in [0.25, 0.3) is 5.91 Å². The van der Waals surface area contributed by atoms with Crippen molar-refractivity contribution in [2.24, 2.45) is 0 Å². The number of rotatable bonds is 5. The summed E-state index contributed by atoms with van der Waals surface area (Å²) in [5.74, 6) is 1.31. The van der Waals surface area contributed by atoms with E-state index in [1.54, 1.807) is 31.3 Å². The van der Waals surface area contributed by atoms with Crippen molar-refractivity contribution in [3.05, 3.63) is 60.2 Å². The van der Waals surface area contributed by atoms with E-state index in [-0.39, 0.29) is 12.5 Å². The van der Waals surface area contributed by atoms with Crippen molar-refractivity contribution in [3.63, 3.8) is 0 Å². The normalized spacial score (nSPS) is 10.1. The molecule has 0 aliphatic heterocycles. The lowest BCUT2D eigenvalue weighted by molar-refractivity contribution is 0.0767. The van der Waals surface area contributed by atoms with E-state index in [0.29, 0.717) is 17.9 Å². The number of amides is 1. The number of hydrogen-bond acceptors (Lipinski definition) is 3. The summed E-state index contributed by atoms with van der Waals surface area (Å²) in [6.45, 7) is 0.276. The standard InChI is InChI=1S/C16H17NO3/c1-17(11-12-18)16(19)13-7-9-15(10-8-13)20-14-5-3-2-4-6-14/h2-10,18H,11-12H2,1H3. The first-order valence-electron chi connectivity index (χ1n) is 6.40. The number of aliphatic hydroxyl groups excluding tert-OH is 1. The molecule has 0 aromatic heterocycles. The Balaban J connectivity index is 2.05. The van der Waals surface area contributed by atoms with E-state index in [0.717, 1.165) is 5.75 Å². The summed E-state index contributed by atoms with van der Waals surface area (Å²) in [4.78, 5) is 13.5. The van der Waals surface area contributed by atoms with Crippen LogP contribution in [0.5, 0.6) is 11.5 Å². The molecule has 0 spiro atoms. The van der Waals surface area contributed by atoms with Crippen LogP contribution in [0.15, 0.2) is 54.6 Å². The zero-order valence-corrected chi connectivity index (χ0v) is 11.3. The van der Waals surface area contributed by atoms with E-state index in [1.807, 2.05) is 30.3 Å². The van der Waals surface area contributed by atoms with Gasteiger partial charge in [-0.05, 0) is 36.4 Å². The molecule has 0 fully saturated rings. The van der Waals surface area contributed by atoms with Crippen molar-refractivity contribution < 1.29 is 14.6 Å². The maximum Gasteiger partial charge on any atom is 0.253 e. The number of likely N-dealkylation sites (N-methyl/N-ethyl adjacent to an activating group) is 1. The molecule has 0 aliphatic rings. The molecule has 4 nitrogen and oxygen atoms in total. The number of para-hydroxylation sites is 1. The van der Waals surface area contributed by atoms with Crippen LogP contribution in [0.2, 0.25) is 0 Å². The molecule has 4 heteroatoms. The lowest BCUT2D eigenvalue weighted by Crippen LogP contribution is -2.29. The van der Waals surface area contributed by atoms with Gasteiger partial charge in [0, 0.05) is 19.2 Å². The van der Waals surface area contributed by atoms with E-state index in [9.17, 15) is 4.79 Å². The minimum atomic E-state index is -0.120. The molecule has 0 unspecified atom stereocenters. The maximum atomic E-state index is 12.0. The summed E-state index contributed by atoms with van der Waals surface area (Å²) in [5, 5.41) is 8.83. The quantitative estimate of drug-likeness (QED) is 0.909. The summed E-state index contributed by atoms with van der Waals surface area (Å²) in [7, 11) is 1.66. The zero-order valence-electron chi connectivity index (χ0n) is 11.3. The van der Waals surface area contributed by atoms with Gasteiger partial charge in [0.05, 0.1) is 6.61 Å². The number of ether oxygens (including phenoxy) is 1. The Hall–Kier alpha value is -2.33. The van der Waals surface area contributed by atoms with Gasteiger partial charge in [-0.1, -0.05) is 18.2 Å². The fraction of sp³-hybridized carbons (Fsp3) is 0.188. The maximum absolute atomic E-state index is 12.0. The first-order valence-corrected chi connectivity index (χ1v) is 6.40. The third-order valence-electron chi connectivity index (χ3n) is 2.86. The molecule has 20 heavy (non-hydrogen) atoms. The van der Waals surface area contributed by atoms with Crippen molar-refractivity contribution >= 4 is 5.91 Å². The minimum Gasteiger partial charge on any atom is -0.457 e. The van der Waals surface area contributed by atoms with Gasteiger partial charge in [-0.2, -0.15) is 0 Å². The molecule has 2 aromatic carbocycles. The Kier molecular flexibility index (Phi) is 4.74. The molecule has 0 saturated heterocycles. The Morgan fingerprint density at radius 1 is 1.05 bits per heavy atom. The summed E-state index contributed by atoms with van der Waals surface area (Å²) < 4.78 is 5.66. The molecule has 0 radical (unpaired) electrons. The molecule has 2 rings (SSSR count). The van der Waals surface area contributed by atoms with Gasteiger partial charge in [0.2, 0.25) is 0 Å². The second kappa shape index (κ2) is 6.73. The van der Waals surface area contributed by atoms with Crippen LogP contribution in [-0.4, -0.2) is 36.1 Å². The number of hydrogen-bond donors (Lipinski definition) is 1. The molecular formula is C16H17NO3. The largest absolute Gasteiger partial charge is 0.457 e. The SMILES string of the molecule is CN(CCO)C(=O)c1ccc(Oc2ccccc2)cc1. The average Bonchev–Trinajstić information content (AvgIpc) is 2.48. The van der Waals surface area contributed by atoms with Gasteiger partial charge in [-0.25, -0.2) is 0 Å². The molecule has 1 amide bonds. The minimum absolute atomic E-state index is 0.0442. The van der Waals surface area contributed by atoms with Gasteiger partial charge < -0.3 is 14.7 Å². The summed E-state index contributed by atoms with van der Waals surface area (Å²) in [6.07, 6.45) is 0. The zero-order chi connectivity index (χ0) is 14.4. The number of carbonyl (C=O) groups excluding carboxylic acids is 1. The Morgan fingerprint density at radius 2 is 1.65 bits per heavy atom. The predicted molar refractivity (Wildman–Crippen MR) is 77.0 cm³/mol. The highest BCUT2D eigenvalue weighted by atomic mass is 16.5. The third-order valence-corrected chi connectivity index (χ3v) is 2.86. The van der Waals surface area contributed by atoms with Crippen LogP contribution in [0.25, 0.3) is 0 Å². The molecule has 0 bridgehead atoms. The number of aliphatic hydroxyl groups is 1. The number of benzene rings is 2. The van der Waals surface area contributed by atoms with Crippen molar-refractivity contribution in [2.45, 2.75) is 0 Å². The lowest BCUT2D eigenvalue weighted by atomic mass is 10.2. The number of carbonyl (C=O) groups is 1. The molecule has 0 atom stereocenters. The first-order chi connectivity index (χ1) is 9.70. The Morgan fingerprint density at radius 3 is 2.25 bits per heavy atom. The van der Waals surface area contributed by atoms with Gasteiger partial charge in [0.15, 0.2) is 0 Å². The molecule has 0 aliphatic carbocycles. The van der Waals surface area contributed by atoms with Crippen molar-refractivity contribution in [1.82, 2.24) is 4.90 Å². The van der Waals surface area contributed by atoms with E-state index in [1.165, 1.54) is 4.90 Å². The second-order valence-electron chi connectivity index (χ2n) is 4.39. The van der Waals surface area contributed by atoms with Crippen LogP contribution in [0.1, 0.15) is 10.4 Å². The van der Waals surface area contributed by atoms with Crippen LogP contribution < -0.4 is 4.74 Å². The predicted octanol–water partition coefficient (Wildman–Crippen LogP) is 2.54. The van der Waals surface area contributed by atoms with E-state index >= 15 is 0 Å². The molecule has 2 aromatic rings. The van der Waals surface area contributed by atoms with Crippen LogP contribution in [-0.2, 0) is 0 Å². The second-order valence-corrected chi connectivity index (χ2v) is 4.39. The number of nitrogens with zero attached hydrogens (tertiary/aromatic N) is 1. The topological polar surface area (TPSA) is 49.8 Å². The summed E-state index contributed by atoms with van der Waals surface area (Å²) in [5.41, 5.74) is 0.571. The van der Waals surface area contributed by atoms with Gasteiger partial charge in [0.1, 0.15) is 11.5 Å². The van der Waals surface area contributed by atoms with E-state index < -0.39 is 0 Å². The average molecular weight is 271 g/mol. The van der Waals surface area contributed by atoms with Gasteiger partial charge in [-0.15, -0.1) is 0 Å². The molecule has 0 saturated carbocycles. The lowest BCUT2D eigenvalue weighted by Gasteiger charge is -2.15. The van der Waals surface area contributed by atoms with Crippen molar-refractivity contribution in [2.75, 3.05) is 20.2 Å². The van der Waals surface area contributed by atoms with Gasteiger partial charge >= 0.3 is 0 Å². The van der Waals surface area contributed by atoms with Crippen LogP contribution in [0, 0.1) is 0 Å². The summed E-state index contributed by atoms with van der Waals surface area (Å²) >= 11 is 0. The Bertz CT molecular complexity index is 552. The Labute approximate surface area is 118 Å². The fourth-order valence-corrected chi connectivity index (χ4v) is 1.76. The van der Waals surface area contributed by atoms with Crippen LogP contribution >= 0.6 is 0 Å². The molecular weight excluding hydrogens is 254 g/mol.